The van der Waals surface area contributed by atoms with Crippen molar-refractivity contribution in [3.8, 4) is 0 Å². The van der Waals surface area contributed by atoms with Crippen LogP contribution in [-0.4, -0.2) is 140 Å². The summed E-state index contributed by atoms with van der Waals surface area (Å²) in [5, 5.41) is 87.1. The van der Waals surface area contributed by atoms with E-state index in [4.69, 9.17) is 18.9 Å². The molecule has 12 unspecified atom stereocenters. The fourth-order valence-electron chi connectivity index (χ4n) is 11.4. The summed E-state index contributed by atoms with van der Waals surface area (Å²) in [6.07, 6.45) is 61.5. The van der Waals surface area contributed by atoms with Crippen LogP contribution in [0.3, 0.4) is 0 Å². The number of aliphatic hydroxyl groups is 8. The maximum Gasteiger partial charge on any atom is 0.220 e. The van der Waals surface area contributed by atoms with Gasteiger partial charge in [0, 0.05) is 6.42 Å². The van der Waals surface area contributed by atoms with Crippen molar-refractivity contribution in [2.24, 2.45) is 0 Å². The molecular weight excluding hydrogens is 1100 g/mol. The quantitative estimate of drug-likeness (QED) is 0.0204. The van der Waals surface area contributed by atoms with Crippen molar-refractivity contribution >= 4 is 5.91 Å². The van der Waals surface area contributed by atoms with Gasteiger partial charge in [-0.2, -0.15) is 0 Å². The highest BCUT2D eigenvalue weighted by molar-refractivity contribution is 5.76. The second-order valence-corrected chi connectivity index (χ2v) is 25.0. The summed E-state index contributed by atoms with van der Waals surface area (Å²) >= 11 is 0. The van der Waals surface area contributed by atoms with Gasteiger partial charge in [-0.15, -0.1) is 0 Å². The summed E-state index contributed by atoms with van der Waals surface area (Å²) in [5.74, 6) is -0.252. The van der Waals surface area contributed by atoms with Gasteiger partial charge in [-0.1, -0.05) is 279 Å². The lowest BCUT2D eigenvalue weighted by molar-refractivity contribution is -0.359. The SMILES string of the molecule is CCCC/C=C/CC/C=C/CC/C=C/C(O)C(COC1OC(CO)C(OC2OC(CO)C(O)C(O)C2O)C(O)C1O)NC(=O)CCCCCCCCCCCCCCCCCCCCCCCCCCCC/C=C\C/C=C\C/C=C\CCCCCCC. The fourth-order valence-corrected chi connectivity index (χ4v) is 11.4. The molecule has 0 aromatic rings. The molecule has 0 aromatic carbocycles. The first kappa shape index (κ1) is 80.5. The molecule has 2 rings (SSSR count). The van der Waals surface area contributed by atoms with Crippen LogP contribution in [0.2, 0.25) is 0 Å². The van der Waals surface area contributed by atoms with Gasteiger partial charge in [-0.25, -0.2) is 0 Å². The molecule has 2 fully saturated rings. The second-order valence-electron chi connectivity index (χ2n) is 25.0. The molecule has 0 radical (unpaired) electrons. The molecule has 0 aromatic heterocycles. The summed E-state index contributed by atoms with van der Waals surface area (Å²) in [4.78, 5) is 13.3. The van der Waals surface area contributed by atoms with Crippen molar-refractivity contribution in [1.29, 1.82) is 0 Å². The molecule has 0 bridgehead atoms. The van der Waals surface area contributed by atoms with E-state index >= 15 is 0 Å². The Bertz CT molecular complexity index is 1740. The van der Waals surface area contributed by atoms with Crippen LogP contribution < -0.4 is 5.32 Å². The van der Waals surface area contributed by atoms with Gasteiger partial charge >= 0.3 is 0 Å². The van der Waals surface area contributed by atoms with Gasteiger partial charge < -0.3 is 65.1 Å². The third-order valence-corrected chi connectivity index (χ3v) is 17.1. The zero-order valence-electron chi connectivity index (χ0n) is 55.0. The molecule has 9 N–H and O–H groups in total. The number of hydrogen-bond donors (Lipinski definition) is 9. The number of carbonyl (C=O) groups excluding carboxylic acids is 1. The maximum atomic E-state index is 13.3. The molecule has 1 amide bonds. The van der Waals surface area contributed by atoms with Crippen LogP contribution in [0.15, 0.2) is 72.9 Å². The minimum Gasteiger partial charge on any atom is -0.394 e. The van der Waals surface area contributed by atoms with Gasteiger partial charge in [0.2, 0.25) is 5.91 Å². The zero-order chi connectivity index (χ0) is 63.1. The first-order valence-electron chi connectivity index (χ1n) is 35.7. The topological polar surface area (TPSA) is 228 Å². The standard InChI is InChI=1S/C73H131NO13/c1-3-5-7-9-11-13-15-17-18-19-20-21-22-23-24-25-26-27-28-29-30-31-32-33-34-35-36-37-38-39-40-41-42-43-44-45-47-49-51-53-55-57-65(78)74-61(62(77)56-54-52-50-48-46-16-14-12-10-8-6-4-2)60-84-72-70(83)68(81)71(64(59-76)86-72)87-73-69(82)67(80)66(79)63(58-75)85-73/h10,12,15,17,19-20,22-23,46,48,54,56,61-64,66-73,75-77,79-83H,3-9,11,13-14,16,18,21,24-45,47,49-53,55,57-60H2,1-2H3,(H,74,78)/b12-10+,17-15-,20-19-,23-22-,48-46+,56-54+. The number of amides is 1. The molecule has 506 valence electrons. The van der Waals surface area contributed by atoms with Gasteiger partial charge in [0.1, 0.15) is 48.8 Å². The van der Waals surface area contributed by atoms with Gasteiger partial charge in [0.25, 0.3) is 0 Å². The molecule has 2 aliphatic rings. The van der Waals surface area contributed by atoms with Crippen molar-refractivity contribution in [2.75, 3.05) is 19.8 Å². The molecule has 2 saturated heterocycles. The van der Waals surface area contributed by atoms with Crippen LogP contribution in [0.4, 0.5) is 0 Å². The third kappa shape index (κ3) is 41.5. The van der Waals surface area contributed by atoms with Crippen LogP contribution in [0.5, 0.6) is 0 Å². The first-order chi connectivity index (χ1) is 42.6. The van der Waals surface area contributed by atoms with Crippen LogP contribution in [0.1, 0.15) is 290 Å². The summed E-state index contributed by atoms with van der Waals surface area (Å²) in [6, 6.07) is -0.938. The van der Waals surface area contributed by atoms with Crippen LogP contribution in [0, 0.1) is 0 Å². The summed E-state index contributed by atoms with van der Waals surface area (Å²) in [7, 11) is 0. The van der Waals surface area contributed by atoms with Gasteiger partial charge in [-0.3, -0.25) is 4.79 Å². The number of allylic oxidation sites excluding steroid dienone is 11. The Morgan fingerprint density at radius 3 is 1.24 bits per heavy atom. The first-order valence-corrected chi connectivity index (χ1v) is 35.7. The van der Waals surface area contributed by atoms with Crippen molar-refractivity contribution in [3.05, 3.63) is 72.9 Å². The van der Waals surface area contributed by atoms with Crippen LogP contribution >= 0.6 is 0 Å². The van der Waals surface area contributed by atoms with Crippen molar-refractivity contribution in [2.45, 2.75) is 364 Å². The van der Waals surface area contributed by atoms with Crippen molar-refractivity contribution < 1.29 is 64.6 Å². The Hall–Kier alpha value is -2.57. The number of ether oxygens (including phenoxy) is 4. The fraction of sp³-hybridized carbons (Fsp3) is 0.822. The number of rotatable bonds is 58. The highest BCUT2D eigenvalue weighted by Gasteiger charge is 2.51. The summed E-state index contributed by atoms with van der Waals surface area (Å²) < 4.78 is 22.8. The number of carbonyl (C=O) groups is 1. The Kier molecular flexibility index (Phi) is 53.1. The molecule has 2 aliphatic heterocycles. The average Bonchev–Trinajstić information content (AvgIpc) is 2.27. The molecule has 0 spiro atoms. The number of hydrogen-bond acceptors (Lipinski definition) is 13. The molecule has 87 heavy (non-hydrogen) atoms. The van der Waals surface area contributed by atoms with Gasteiger partial charge in [0.05, 0.1) is 32.0 Å². The molecule has 0 saturated carbocycles. The van der Waals surface area contributed by atoms with E-state index in [0.29, 0.717) is 12.8 Å². The smallest absolute Gasteiger partial charge is 0.220 e. The predicted octanol–water partition coefficient (Wildman–Crippen LogP) is 14.6. The molecule has 12 atom stereocenters. The highest BCUT2D eigenvalue weighted by atomic mass is 16.7. The van der Waals surface area contributed by atoms with Crippen molar-refractivity contribution in [3.63, 3.8) is 0 Å². The lowest BCUT2D eigenvalue weighted by Crippen LogP contribution is -2.65. The summed E-state index contributed by atoms with van der Waals surface area (Å²) in [5.41, 5.74) is 0. The monoisotopic (exact) mass is 1230 g/mol. The number of aliphatic hydroxyl groups excluding tert-OH is 8. The lowest BCUT2D eigenvalue weighted by atomic mass is 9.97. The van der Waals surface area contributed by atoms with E-state index in [2.05, 4.69) is 79.9 Å². The minimum absolute atomic E-state index is 0.252. The Morgan fingerprint density at radius 1 is 0.414 bits per heavy atom. The second kappa shape index (κ2) is 57.3. The molecular formula is C73H131NO13. The third-order valence-electron chi connectivity index (χ3n) is 17.1. The molecule has 14 nitrogen and oxygen atoms in total. The van der Waals surface area contributed by atoms with Gasteiger partial charge in [0.15, 0.2) is 12.6 Å². The Labute approximate surface area is 529 Å². The maximum absolute atomic E-state index is 13.3. The Morgan fingerprint density at radius 2 is 0.782 bits per heavy atom. The normalized spacial score (nSPS) is 23.7. The predicted molar refractivity (Wildman–Crippen MR) is 355 cm³/mol. The van der Waals surface area contributed by atoms with E-state index in [9.17, 15) is 45.6 Å². The zero-order valence-corrected chi connectivity index (χ0v) is 55.0. The van der Waals surface area contributed by atoms with E-state index in [1.54, 1.807) is 6.08 Å². The van der Waals surface area contributed by atoms with E-state index in [-0.39, 0.29) is 18.9 Å². The summed E-state index contributed by atoms with van der Waals surface area (Å²) in [6.45, 7) is 2.72. The molecule has 2 heterocycles. The minimum atomic E-state index is -1.79. The van der Waals surface area contributed by atoms with E-state index in [1.807, 2.05) is 6.08 Å². The van der Waals surface area contributed by atoms with Crippen molar-refractivity contribution in [1.82, 2.24) is 5.32 Å². The van der Waals surface area contributed by atoms with E-state index in [1.165, 1.54) is 199 Å². The lowest BCUT2D eigenvalue weighted by Gasteiger charge is -2.46. The highest BCUT2D eigenvalue weighted by Crippen LogP contribution is 2.30. The van der Waals surface area contributed by atoms with Crippen LogP contribution in [-0.2, 0) is 23.7 Å². The van der Waals surface area contributed by atoms with E-state index in [0.717, 1.165) is 57.8 Å². The Balaban J connectivity index is 1.53. The van der Waals surface area contributed by atoms with E-state index < -0.39 is 86.8 Å². The number of nitrogens with one attached hydrogen (secondary N) is 1. The molecule has 14 heteroatoms. The molecule has 0 aliphatic carbocycles. The average molecular weight is 1230 g/mol. The largest absolute Gasteiger partial charge is 0.394 e. The number of unbranched alkanes of at least 4 members (excludes halogenated alkanes) is 35. The van der Waals surface area contributed by atoms with Gasteiger partial charge in [-0.05, 0) is 77.0 Å². The van der Waals surface area contributed by atoms with Crippen LogP contribution in [0.25, 0.3) is 0 Å².